The molecule has 0 aromatic rings. The molecule has 3 N–H and O–H groups in total. The Hall–Kier alpha value is -0.790. The van der Waals surface area contributed by atoms with E-state index in [1.807, 2.05) is 11.8 Å². The van der Waals surface area contributed by atoms with Gasteiger partial charge in [-0.3, -0.25) is 4.79 Å². The fourth-order valence-electron chi connectivity index (χ4n) is 1.87. The topological polar surface area (TPSA) is 70.7 Å². The average Bonchev–Trinajstić information content (AvgIpc) is 2.37. The van der Waals surface area contributed by atoms with Crippen LogP contribution in [-0.2, 0) is 4.79 Å². The van der Waals surface area contributed by atoms with Gasteiger partial charge in [-0.1, -0.05) is 12.2 Å². The largest absolute Gasteiger partial charge is 0.370 e. The van der Waals surface area contributed by atoms with Crippen LogP contribution in [0.3, 0.4) is 0 Å². The van der Waals surface area contributed by atoms with Gasteiger partial charge in [0.1, 0.15) is 0 Å². The number of amides is 1. The summed E-state index contributed by atoms with van der Waals surface area (Å²) in [4.78, 5) is 17.9. The SMILES string of the molecule is C=C(C)CN=C(N)NCCC(=O)N1CCCCC1.I. The predicted molar refractivity (Wildman–Crippen MR) is 89.8 cm³/mol. The first-order chi connectivity index (χ1) is 8.59. The number of piperidine rings is 1. The van der Waals surface area contributed by atoms with Crippen LogP contribution in [0.2, 0.25) is 0 Å². The van der Waals surface area contributed by atoms with Crippen LogP contribution in [0.4, 0.5) is 0 Å². The second-order valence-electron chi connectivity index (χ2n) is 4.78. The molecule has 6 heteroatoms. The Morgan fingerprint density at radius 3 is 2.58 bits per heavy atom. The summed E-state index contributed by atoms with van der Waals surface area (Å²) in [5.41, 5.74) is 6.62. The zero-order chi connectivity index (χ0) is 13.4. The van der Waals surface area contributed by atoms with Crippen molar-refractivity contribution in [2.75, 3.05) is 26.2 Å². The van der Waals surface area contributed by atoms with Crippen LogP contribution in [0.1, 0.15) is 32.6 Å². The normalized spacial score (nSPS) is 15.6. The first kappa shape index (κ1) is 18.2. The monoisotopic (exact) mass is 380 g/mol. The van der Waals surface area contributed by atoms with E-state index in [4.69, 9.17) is 5.73 Å². The second-order valence-corrected chi connectivity index (χ2v) is 4.78. The highest BCUT2D eigenvalue weighted by Crippen LogP contribution is 2.09. The molecule has 0 aromatic carbocycles. The number of nitrogens with zero attached hydrogens (tertiary/aromatic N) is 2. The third-order valence-electron chi connectivity index (χ3n) is 2.87. The number of carbonyl (C=O) groups is 1. The highest BCUT2D eigenvalue weighted by Gasteiger charge is 2.15. The fourth-order valence-corrected chi connectivity index (χ4v) is 1.87. The third kappa shape index (κ3) is 8.07. The van der Waals surface area contributed by atoms with Gasteiger partial charge in [-0.05, 0) is 26.2 Å². The molecular formula is C13H25IN4O. The Kier molecular flexibility index (Phi) is 9.63. The molecule has 0 radical (unpaired) electrons. The molecule has 0 spiro atoms. The van der Waals surface area contributed by atoms with Gasteiger partial charge in [-0.25, -0.2) is 4.99 Å². The quantitative estimate of drug-likeness (QED) is 0.329. The van der Waals surface area contributed by atoms with E-state index in [1.54, 1.807) is 0 Å². The van der Waals surface area contributed by atoms with Crippen molar-refractivity contribution in [3.63, 3.8) is 0 Å². The molecule has 110 valence electrons. The molecule has 1 aliphatic rings. The number of hydrogen-bond acceptors (Lipinski definition) is 2. The van der Waals surface area contributed by atoms with Crippen molar-refractivity contribution in [2.45, 2.75) is 32.6 Å². The molecule has 0 bridgehead atoms. The van der Waals surface area contributed by atoms with Crippen LogP contribution >= 0.6 is 24.0 Å². The summed E-state index contributed by atoms with van der Waals surface area (Å²) in [6.07, 6.45) is 3.97. The van der Waals surface area contributed by atoms with Crippen molar-refractivity contribution < 1.29 is 4.79 Å². The third-order valence-corrected chi connectivity index (χ3v) is 2.87. The first-order valence-corrected chi connectivity index (χ1v) is 6.55. The lowest BCUT2D eigenvalue weighted by molar-refractivity contribution is -0.131. The molecule has 5 nitrogen and oxygen atoms in total. The molecule has 0 atom stereocenters. The summed E-state index contributed by atoms with van der Waals surface area (Å²) in [6.45, 7) is 8.52. The summed E-state index contributed by atoms with van der Waals surface area (Å²) in [5, 5.41) is 2.95. The molecule has 0 aromatic heterocycles. The van der Waals surface area contributed by atoms with Crippen LogP contribution in [0.15, 0.2) is 17.1 Å². The maximum absolute atomic E-state index is 11.8. The van der Waals surface area contributed by atoms with E-state index >= 15 is 0 Å². The lowest BCUT2D eigenvalue weighted by Gasteiger charge is -2.26. The maximum Gasteiger partial charge on any atom is 0.224 e. The van der Waals surface area contributed by atoms with Crippen LogP contribution in [-0.4, -0.2) is 42.9 Å². The standard InChI is InChI=1S/C13H24N4O.HI/c1-11(2)10-16-13(14)15-7-6-12(18)17-8-4-3-5-9-17;/h1,3-10H2,2H3,(H3,14,15,16);1H. The Morgan fingerprint density at radius 2 is 2.00 bits per heavy atom. The molecule has 1 amide bonds. The van der Waals surface area contributed by atoms with Crippen molar-refractivity contribution in [2.24, 2.45) is 10.7 Å². The van der Waals surface area contributed by atoms with Gasteiger partial charge in [0, 0.05) is 26.1 Å². The van der Waals surface area contributed by atoms with Gasteiger partial charge < -0.3 is 16.0 Å². The Morgan fingerprint density at radius 1 is 1.37 bits per heavy atom. The van der Waals surface area contributed by atoms with E-state index < -0.39 is 0 Å². The Bertz CT molecular complexity index is 325. The van der Waals surface area contributed by atoms with Crippen LogP contribution in [0.25, 0.3) is 0 Å². The predicted octanol–water partition coefficient (Wildman–Crippen LogP) is 1.49. The number of nitrogens with two attached hydrogens (primary N) is 1. The van der Waals surface area contributed by atoms with Crippen LogP contribution in [0.5, 0.6) is 0 Å². The number of carbonyl (C=O) groups excluding carboxylic acids is 1. The number of guanidine groups is 1. The molecule has 0 unspecified atom stereocenters. The number of aliphatic imine (C=N–C) groups is 1. The van der Waals surface area contributed by atoms with E-state index in [-0.39, 0.29) is 29.9 Å². The van der Waals surface area contributed by atoms with Crippen LogP contribution in [0, 0.1) is 0 Å². The number of rotatable bonds is 5. The fraction of sp³-hybridized carbons (Fsp3) is 0.692. The van der Waals surface area contributed by atoms with Gasteiger partial charge in [0.2, 0.25) is 5.91 Å². The molecule has 1 saturated heterocycles. The Balaban J connectivity index is 0.00000324. The lowest BCUT2D eigenvalue weighted by atomic mass is 10.1. The van der Waals surface area contributed by atoms with Crippen molar-refractivity contribution in [3.05, 3.63) is 12.2 Å². The molecule has 19 heavy (non-hydrogen) atoms. The smallest absolute Gasteiger partial charge is 0.224 e. The number of nitrogens with one attached hydrogen (secondary N) is 1. The van der Waals surface area contributed by atoms with E-state index in [1.165, 1.54) is 6.42 Å². The second kappa shape index (κ2) is 10.1. The van der Waals surface area contributed by atoms with E-state index in [0.29, 0.717) is 25.5 Å². The van der Waals surface area contributed by atoms with Crippen molar-refractivity contribution in [1.29, 1.82) is 0 Å². The molecule has 1 fully saturated rings. The molecule has 1 rings (SSSR count). The van der Waals surface area contributed by atoms with E-state index in [2.05, 4.69) is 16.9 Å². The van der Waals surface area contributed by atoms with E-state index in [9.17, 15) is 4.79 Å². The minimum Gasteiger partial charge on any atom is -0.370 e. The van der Waals surface area contributed by atoms with E-state index in [0.717, 1.165) is 31.5 Å². The zero-order valence-electron chi connectivity index (χ0n) is 11.7. The van der Waals surface area contributed by atoms with Crippen molar-refractivity contribution in [3.8, 4) is 0 Å². The molecular weight excluding hydrogens is 355 g/mol. The lowest BCUT2D eigenvalue weighted by Crippen LogP contribution is -2.39. The number of likely N-dealkylation sites (tertiary alicyclic amines) is 1. The summed E-state index contributed by atoms with van der Waals surface area (Å²) < 4.78 is 0. The van der Waals surface area contributed by atoms with Crippen LogP contribution < -0.4 is 11.1 Å². The number of hydrogen-bond donors (Lipinski definition) is 2. The molecule has 1 heterocycles. The van der Waals surface area contributed by atoms with Gasteiger partial charge in [-0.2, -0.15) is 0 Å². The highest BCUT2D eigenvalue weighted by atomic mass is 127. The van der Waals surface area contributed by atoms with Gasteiger partial charge in [0.05, 0.1) is 6.54 Å². The maximum atomic E-state index is 11.8. The summed E-state index contributed by atoms with van der Waals surface area (Å²) >= 11 is 0. The first-order valence-electron chi connectivity index (χ1n) is 6.55. The summed E-state index contributed by atoms with van der Waals surface area (Å²) in [5.74, 6) is 0.583. The average molecular weight is 380 g/mol. The van der Waals surface area contributed by atoms with Gasteiger partial charge >= 0.3 is 0 Å². The van der Waals surface area contributed by atoms with Gasteiger partial charge in [0.25, 0.3) is 0 Å². The summed E-state index contributed by atoms with van der Waals surface area (Å²) in [7, 11) is 0. The molecule has 0 aliphatic carbocycles. The number of halogens is 1. The minimum absolute atomic E-state index is 0. The van der Waals surface area contributed by atoms with Gasteiger partial charge in [-0.15, -0.1) is 24.0 Å². The molecule has 1 aliphatic heterocycles. The highest BCUT2D eigenvalue weighted by molar-refractivity contribution is 14.0. The summed E-state index contributed by atoms with van der Waals surface area (Å²) in [6, 6.07) is 0. The molecule has 0 saturated carbocycles. The Labute approximate surface area is 132 Å². The minimum atomic E-state index is 0. The van der Waals surface area contributed by atoms with Crippen molar-refractivity contribution in [1.82, 2.24) is 10.2 Å². The van der Waals surface area contributed by atoms with Gasteiger partial charge in [0.15, 0.2) is 5.96 Å². The zero-order valence-corrected chi connectivity index (χ0v) is 14.0. The van der Waals surface area contributed by atoms with Crippen molar-refractivity contribution >= 4 is 35.8 Å².